The number of fused-ring (bicyclic) bond motifs is 2. The molecule has 1 fully saturated rings. The van der Waals surface area contributed by atoms with Gasteiger partial charge in [-0.05, 0) is 54.0 Å². The molecular formula is C21H21ClN4O2S2. The number of nitrogens with one attached hydrogen (secondary N) is 1. The summed E-state index contributed by atoms with van der Waals surface area (Å²) in [5.41, 5.74) is 4.38. The van der Waals surface area contributed by atoms with Gasteiger partial charge in [-0.15, -0.1) is 11.3 Å². The minimum absolute atomic E-state index is 0.120. The molecule has 1 N–H and O–H groups in total. The smallest absolute Gasteiger partial charge is 0.252 e. The average Bonchev–Trinajstić information content (AvgIpc) is 3.38. The first kappa shape index (κ1) is 19.9. The van der Waals surface area contributed by atoms with Crippen LogP contribution < -0.4 is 0 Å². The second-order valence-electron chi connectivity index (χ2n) is 7.57. The van der Waals surface area contributed by atoms with Crippen molar-refractivity contribution in [3.8, 4) is 0 Å². The monoisotopic (exact) mass is 460 g/mol. The number of nitrogens with zero attached hydrogens (tertiary/aromatic N) is 3. The molecule has 0 aliphatic carbocycles. The highest BCUT2D eigenvalue weighted by Gasteiger charge is 2.32. The summed E-state index contributed by atoms with van der Waals surface area (Å²) < 4.78 is 29.0. The molecule has 0 amide bonds. The van der Waals surface area contributed by atoms with E-state index in [9.17, 15) is 8.42 Å². The van der Waals surface area contributed by atoms with E-state index in [-0.39, 0.29) is 5.28 Å². The number of H-pyrrole nitrogens is 1. The summed E-state index contributed by atoms with van der Waals surface area (Å²) in [6.07, 6.45) is 6.27. The highest BCUT2D eigenvalue weighted by Crippen LogP contribution is 2.37. The van der Waals surface area contributed by atoms with Gasteiger partial charge in [0.2, 0.25) is 5.28 Å². The average molecular weight is 461 g/mol. The van der Waals surface area contributed by atoms with E-state index in [0.717, 1.165) is 24.0 Å². The maximum atomic E-state index is 13.2. The SMILES string of the molecule is CCc1cccc2c(C3CCN(S(=O)(=O)c4cc5nc(Cl)ncc5s4)CC3)c[nH]c12. The van der Waals surface area contributed by atoms with Crippen molar-refractivity contribution in [2.45, 2.75) is 36.3 Å². The van der Waals surface area contributed by atoms with Gasteiger partial charge < -0.3 is 4.98 Å². The Bertz CT molecular complexity index is 1340. The van der Waals surface area contributed by atoms with E-state index in [1.54, 1.807) is 16.6 Å². The Morgan fingerprint density at radius 3 is 2.87 bits per heavy atom. The third-order valence-electron chi connectivity index (χ3n) is 5.92. The van der Waals surface area contributed by atoms with Gasteiger partial charge in [0.1, 0.15) is 4.21 Å². The van der Waals surface area contributed by atoms with Crippen LogP contribution in [0.25, 0.3) is 21.1 Å². The minimum atomic E-state index is -3.55. The van der Waals surface area contributed by atoms with Gasteiger partial charge in [0.25, 0.3) is 10.0 Å². The van der Waals surface area contributed by atoms with Crippen molar-refractivity contribution in [3.63, 3.8) is 0 Å². The van der Waals surface area contributed by atoms with Crippen LogP contribution in [0.3, 0.4) is 0 Å². The Balaban J connectivity index is 1.37. The number of aromatic amines is 1. The number of aromatic nitrogens is 3. The number of rotatable bonds is 4. The molecule has 30 heavy (non-hydrogen) atoms. The summed E-state index contributed by atoms with van der Waals surface area (Å²) >= 11 is 7.03. The number of thiophene rings is 1. The van der Waals surface area contributed by atoms with Crippen LogP contribution in [0.2, 0.25) is 5.28 Å². The zero-order chi connectivity index (χ0) is 20.9. The zero-order valence-corrected chi connectivity index (χ0v) is 18.8. The molecule has 0 saturated carbocycles. The second kappa shape index (κ2) is 7.60. The number of benzene rings is 1. The molecule has 3 aromatic heterocycles. The van der Waals surface area contributed by atoms with E-state index in [1.807, 2.05) is 0 Å². The molecule has 0 radical (unpaired) electrons. The van der Waals surface area contributed by atoms with Crippen molar-refractivity contribution in [2.75, 3.05) is 13.1 Å². The van der Waals surface area contributed by atoms with Crippen LogP contribution in [0.15, 0.2) is 40.9 Å². The fraction of sp³-hybridized carbons (Fsp3) is 0.333. The topological polar surface area (TPSA) is 79.0 Å². The number of aryl methyl sites for hydroxylation is 1. The Hall–Kier alpha value is -2.00. The van der Waals surface area contributed by atoms with Crippen LogP contribution in [0.1, 0.15) is 36.8 Å². The van der Waals surface area contributed by atoms with Crippen molar-refractivity contribution in [2.24, 2.45) is 0 Å². The van der Waals surface area contributed by atoms with E-state index in [0.29, 0.717) is 28.7 Å². The molecule has 5 rings (SSSR count). The molecule has 1 saturated heterocycles. The number of para-hydroxylation sites is 1. The lowest BCUT2D eigenvalue weighted by Crippen LogP contribution is -2.37. The normalized spacial score (nSPS) is 16.6. The van der Waals surface area contributed by atoms with E-state index in [2.05, 4.69) is 46.3 Å². The second-order valence-corrected chi connectivity index (χ2v) is 11.2. The fourth-order valence-electron chi connectivity index (χ4n) is 4.33. The zero-order valence-electron chi connectivity index (χ0n) is 16.4. The molecule has 4 heterocycles. The summed E-state index contributed by atoms with van der Waals surface area (Å²) in [4.78, 5) is 11.5. The van der Waals surface area contributed by atoms with Crippen LogP contribution in [0, 0.1) is 0 Å². The van der Waals surface area contributed by atoms with Gasteiger partial charge in [-0.2, -0.15) is 4.31 Å². The minimum Gasteiger partial charge on any atom is -0.361 e. The summed E-state index contributed by atoms with van der Waals surface area (Å²) in [6.45, 7) is 3.17. The third kappa shape index (κ3) is 3.32. The molecule has 9 heteroatoms. The lowest BCUT2D eigenvalue weighted by Gasteiger charge is -2.30. The largest absolute Gasteiger partial charge is 0.361 e. The molecule has 0 atom stereocenters. The van der Waals surface area contributed by atoms with E-state index in [1.165, 1.54) is 33.4 Å². The molecule has 0 spiro atoms. The Labute approximate surface area is 184 Å². The Morgan fingerprint density at radius 2 is 2.10 bits per heavy atom. The maximum absolute atomic E-state index is 13.2. The van der Waals surface area contributed by atoms with Crippen molar-refractivity contribution in [3.05, 3.63) is 53.1 Å². The van der Waals surface area contributed by atoms with E-state index in [4.69, 9.17) is 11.6 Å². The summed E-state index contributed by atoms with van der Waals surface area (Å²) in [7, 11) is -3.55. The van der Waals surface area contributed by atoms with Crippen molar-refractivity contribution >= 4 is 54.1 Å². The quantitative estimate of drug-likeness (QED) is 0.436. The lowest BCUT2D eigenvalue weighted by atomic mass is 9.89. The predicted octanol–water partition coefficient (Wildman–Crippen LogP) is 4.96. The fourth-order valence-corrected chi connectivity index (χ4v) is 7.38. The molecule has 0 bridgehead atoms. The van der Waals surface area contributed by atoms with Crippen molar-refractivity contribution < 1.29 is 8.42 Å². The van der Waals surface area contributed by atoms with Crippen LogP contribution in [0.5, 0.6) is 0 Å². The lowest BCUT2D eigenvalue weighted by molar-refractivity contribution is 0.321. The van der Waals surface area contributed by atoms with Gasteiger partial charge in [0.15, 0.2) is 0 Å². The molecule has 4 aromatic rings. The Kier molecular flexibility index (Phi) is 5.05. The molecule has 0 unspecified atom stereocenters. The highest BCUT2D eigenvalue weighted by molar-refractivity contribution is 7.91. The maximum Gasteiger partial charge on any atom is 0.252 e. The van der Waals surface area contributed by atoms with Gasteiger partial charge in [0.05, 0.1) is 10.2 Å². The number of hydrogen-bond acceptors (Lipinski definition) is 5. The van der Waals surface area contributed by atoms with Crippen LogP contribution >= 0.6 is 22.9 Å². The van der Waals surface area contributed by atoms with Gasteiger partial charge in [-0.25, -0.2) is 18.4 Å². The Morgan fingerprint density at radius 1 is 1.30 bits per heavy atom. The standard InChI is InChI=1S/C21H21ClN4O2S2/c1-2-13-4-3-5-15-16(11-23-20(13)15)14-6-8-26(9-7-14)30(27,28)19-10-17-18(29-19)12-24-21(22)25-17/h3-5,10-12,14,23H,2,6-9H2,1H3. The number of halogens is 1. The van der Waals surface area contributed by atoms with Crippen LogP contribution in [-0.2, 0) is 16.4 Å². The van der Waals surface area contributed by atoms with Crippen molar-refractivity contribution in [1.29, 1.82) is 0 Å². The molecule has 156 valence electrons. The molecule has 1 aromatic carbocycles. The number of sulfonamides is 1. The van der Waals surface area contributed by atoms with Crippen molar-refractivity contribution in [1.82, 2.24) is 19.3 Å². The first-order valence-electron chi connectivity index (χ1n) is 9.98. The van der Waals surface area contributed by atoms with Gasteiger partial charge in [0, 0.05) is 36.4 Å². The predicted molar refractivity (Wildman–Crippen MR) is 121 cm³/mol. The molecule has 6 nitrogen and oxygen atoms in total. The molecular weight excluding hydrogens is 440 g/mol. The number of piperidine rings is 1. The van der Waals surface area contributed by atoms with E-state index >= 15 is 0 Å². The first-order chi connectivity index (χ1) is 14.5. The third-order valence-corrected chi connectivity index (χ3v) is 9.51. The van der Waals surface area contributed by atoms with Gasteiger partial charge in [-0.3, -0.25) is 0 Å². The highest BCUT2D eigenvalue weighted by atomic mass is 35.5. The first-order valence-corrected chi connectivity index (χ1v) is 12.6. The summed E-state index contributed by atoms with van der Waals surface area (Å²) in [6, 6.07) is 8.02. The molecule has 1 aliphatic heterocycles. The summed E-state index contributed by atoms with van der Waals surface area (Å²) in [5.74, 6) is 0.351. The summed E-state index contributed by atoms with van der Waals surface area (Å²) in [5, 5.41) is 1.38. The van der Waals surface area contributed by atoms with Gasteiger partial charge >= 0.3 is 0 Å². The molecule has 1 aliphatic rings. The van der Waals surface area contributed by atoms with Crippen LogP contribution in [0.4, 0.5) is 0 Å². The van der Waals surface area contributed by atoms with Gasteiger partial charge in [-0.1, -0.05) is 25.1 Å². The van der Waals surface area contributed by atoms with Crippen LogP contribution in [-0.4, -0.2) is 40.8 Å². The number of hydrogen-bond donors (Lipinski definition) is 1. The van der Waals surface area contributed by atoms with E-state index < -0.39 is 10.0 Å².